The van der Waals surface area contributed by atoms with Gasteiger partial charge in [-0.15, -0.1) is 0 Å². The van der Waals surface area contributed by atoms with Crippen LogP contribution in [0.4, 0.5) is 0 Å². The van der Waals surface area contributed by atoms with Crippen LogP contribution >= 0.6 is 0 Å². The molecular formula is C14H28N2O. The second-order valence-corrected chi connectivity index (χ2v) is 5.32. The first kappa shape index (κ1) is 16.2. The third-order valence-corrected chi connectivity index (χ3v) is 3.99. The highest BCUT2D eigenvalue weighted by Gasteiger charge is 2.39. The Morgan fingerprint density at radius 3 is 2.06 bits per heavy atom. The lowest BCUT2D eigenvalue weighted by Gasteiger charge is -2.40. The van der Waals surface area contributed by atoms with E-state index in [1.807, 2.05) is 0 Å². The summed E-state index contributed by atoms with van der Waals surface area (Å²) in [5.41, 5.74) is 6.76. The molecule has 17 heavy (non-hydrogen) atoms. The van der Waals surface area contributed by atoms with Crippen molar-refractivity contribution in [3.8, 4) is 0 Å². The second-order valence-electron chi connectivity index (χ2n) is 5.32. The lowest BCUT2D eigenvalue weighted by Crippen LogP contribution is -2.32. The minimum Gasteiger partial charge on any atom is -0.416 e. The fourth-order valence-electron chi connectivity index (χ4n) is 2.22. The smallest absolute Gasteiger partial charge is 0.126 e. The van der Waals surface area contributed by atoms with E-state index in [2.05, 4.69) is 47.3 Å². The van der Waals surface area contributed by atoms with Gasteiger partial charge in [-0.2, -0.15) is 5.90 Å². The van der Waals surface area contributed by atoms with Crippen LogP contribution in [0.15, 0.2) is 24.0 Å². The lowest BCUT2D eigenvalue weighted by molar-refractivity contribution is 0.139. The van der Waals surface area contributed by atoms with Crippen molar-refractivity contribution in [1.82, 2.24) is 0 Å². The number of hydrogen-bond acceptors (Lipinski definition) is 3. The average molecular weight is 240 g/mol. The van der Waals surface area contributed by atoms with E-state index in [0.29, 0.717) is 12.3 Å². The van der Waals surface area contributed by atoms with Crippen LogP contribution in [0.3, 0.4) is 0 Å². The summed E-state index contributed by atoms with van der Waals surface area (Å²) < 4.78 is 0. The zero-order chi connectivity index (χ0) is 13.7. The molecule has 3 nitrogen and oxygen atoms in total. The highest BCUT2D eigenvalue weighted by atomic mass is 16.6. The highest BCUT2D eigenvalue weighted by molar-refractivity contribution is 5.29. The zero-order valence-corrected chi connectivity index (χ0v) is 12.0. The maximum Gasteiger partial charge on any atom is 0.126 e. The number of hydrogen-bond donors (Lipinski definition) is 2. The SMILES string of the molecule is C=C(ON)C(C)(CC)/C(=C/CN)C(C)(C)CC. The van der Waals surface area contributed by atoms with Crippen molar-refractivity contribution in [2.24, 2.45) is 22.5 Å². The molecule has 0 rings (SSSR count). The summed E-state index contributed by atoms with van der Waals surface area (Å²) >= 11 is 0. The molecule has 0 bridgehead atoms. The predicted octanol–water partition coefficient (Wildman–Crippen LogP) is 3.13. The molecule has 0 aromatic carbocycles. The van der Waals surface area contributed by atoms with Gasteiger partial charge in [-0.25, -0.2) is 0 Å². The summed E-state index contributed by atoms with van der Waals surface area (Å²) in [6.45, 7) is 15.3. The van der Waals surface area contributed by atoms with E-state index < -0.39 is 0 Å². The summed E-state index contributed by atoms with van der Waals surface area (Å²) in [7, 11) is 0. The van der Waals surface area contributed by atoms with Crippen LogP contribution in [-0.2, 0) is 4.84 Å². The maximum absolute atomic E-state index is 5.70. The first-order valence-corrected chi connectivity index (χ1v) is 6.27. The molecule has 0 amide bonds. The molecule has 4 N–H and O–H groups in total. The molecule has 0 spiro atoms. The maximum atomic E-state index is 5.70. The third kappa shape index (κ3) is 3.33. The summed E-state index contributed by atoms with van der Waals surface area (Å²) in [4.78, 5) is 4.90. The molecule has 1 atom stereocenters. The van der Waals surface area contributed by atoms with Gasteiger partial charge in [0.1, 0.15) is 5.76 Å². The van der Waals surface area contributed by atoms with Crippen molar-refractivity contribution in [1.29, 1.82) is 0 Å². The molecule has 1 unspecified atom stereocenters. The van der Waals surface area contributed by atoms with Gasteiger partial charge in [0.15, 0.2) is 0 Å². The van der Waals surface area contributed by atoms with Gasteiger partial charge < -0.3 is 10.6 Å². The summed E-state index contributed by atoms with van der Waals surface area (Å²) in [6.07, 6.45) is 4.00. The average Bonchev–Trinajstić information content (AvgIpc) is 2.33. The van der Waals surface area contributed by atoms with Gasteiger partial charge in [-0.1, -0.05) is 45.9 Å². The number of rotatable bonds is 7. The molecule has 0 saturated carbocycles. The molecule has 3 heteroatoms. The molecule has 0 radical (unpaired) electrons. The summed E-state index contributed by atoms with van der Waals surface area (Å²) in [5.74, 6) is 5.89. The molecule has 100 valence electrons. The van der Waals surface area contributed by atoms with Crippen molar-refractivity contribution in [2.75, 3.05) is 6.54 Å². The quantitative estimate of drug-likeness (QED) is 0.408. The first-order chi connectivity index (χ1) is 7.80. The Hall–Kier alpha value is -0.800. The monoisotopic (exact) mass is 240 g/mol. The Kier molecular flexibility index (Phi) is 5.93. The normalized spacial score (nSPS) is 16.5. The molecule has 0 aliphatic heterocycles. The molecular weight excluding hydrogens is 212 g/mol. The van der Waals surface area contributed by atoms with E-state index in [0.717, 1.165) is 12.8 Å². The van der Waals surface area contributed by atoms with Gasteiger partial charge in [0.25, 0.3) is 0 Å². The van der Waals surface area contributed by atoms with Crippen LogP contribution < -0.4 is 11.6 Å². The van der Waals surface area contributed by atoms with Crippen molar-refractivity contribution >= 4 is 0 Å². The Bertz CT molecular complexity index is 295. The fraction of sp³-hybridized carbons (Fsp3) is 0.714. The van der Waals surface area contributed by atoms with E-state index >= 15 is 0 Å². The van der Waals surface area contributed by atoms with Crippen molar-refractivity contribution in [3.05, 3.63) is 24.0 Å². The molecule has 0 fully saturated rings. The Morgan fingerprint density at radius 2 is 1.76 bits per heavy atom. The van der Waals surface area contributed by atoms with Gasteiger partial charge in [0.2, 0.25) is 0 Å². The zero-order valence-electron chi connectivity index (χ0n) is 12.0. The molecule has 0 aliphatic rings. The first-order valence-electron chi connectivity index (χ1n) is 6.27. The summed E-state index contributed by atoms with van der Waals surface area (Å²) in [5, 5.41) is 0. The van der Waals surface area contributed by atoms with Crippen LogP contribution in [0.25, 0.3) is 0 Å². The van der Waals surface area contributed by atoms with Gasteiger partial charge in [-0.05, 0) is 25.2 Å². The number of allylic oxidation sites excluding steroid dienone is 1. The Morgan fingerprint density at radius 1 is 1.24 bits per heavy atom. The van der Waals surface area contributed by atoms with Crippen molar-refractivity contribution in [3.63, 3.8) is 0 Å². The second kappa shape index (κ2) is 6.22. The van der Waals surface area contributed by atoms with Gasteiger partial charge in [-0.3, -0.25) is 0 Å². The minimum absolute atomic E-state index is 0.0611. The van der Waals surface area contributed by atoms with Crippen LogP contribution in [0.5, 0.6) is 0 Å². The van der Waals surface area contributed by atoms with Crippen LogP contribution in [0, 0.1) is 10.8 Å². The molecule has 0 saturated heterocycles. The molecule has 0 aromatic rings. The highest BCUT2D eigenvalue weighted by Crippen LogP contribution is 2.47. The van der Waals surface area contributed by atoms with Gasteiger partial charge in [0, 0.05) is 12.0 Å². The predicted molar refractivity (Wildman–Crippen MR) is 74.0 cm³/mol. The molecule has 0 heterocycles. The van der Waals surface area contributed by atoms with E-state index in [1.54, 1.807) is 0 Å². The van der Waals surface area contributed by atoms with Crippen LogP contribution in [-0.4, -0.2) is 6.54 Å². The standard InChI is InChI=1S/C14H28N2O/c1-7-13(4,5)12(9-10-15)14(6,8-2)11(3)17-16/h9H,3,7-8,10,15-16H2,1-2,4-6H3/b12-9+. The molecule has 0 aliphatic carbocycles. The van der Waals surface area contributed by atoms with E-state index in [4.69, 9.17) is 16.5 Å². The molecule has 0 aromatic heterocycles. The Balaban J connectivity index is 5.60. The van der Waals surface area contributed by atoms with Crippen molar-refractivity contribution in [2.45, 2.75) is 47.5 Å². The largest absolute Gasteiger partial charge is 0.416 e. The number of nitrogens with two attached hydrogens (primary N) is 2. The fourth-order valence-corrected chi connectivity index (χ4v) is 2.22. The van der Waals surface area contributed by atoms with E-state index in [9.17, 15) is 0 Å². The Labute approximate surface area is 106 Å². The third-order valence-electron chi connectivity index (χ3n) is 3.99. The topological polar surface area (TPSA) is 61.3 Å². The van der Waals surface area contributed by atoms with Gasteiger partial charge >= 0.3 is 0 Å². The summed E-state index contributed by atoms with van der Waals surface area (Å²) in [6, 6.07) is 0. The lowest BCUT2D eigenvalue weighted by atomic mass is 9.65. The van der Waals surface area contributed by atoms with Gasteiger partial charge in [0.05, 0.1) is 0 Å². The van der Waals surface area contributed by atoms with Crippen LogP contribution in [0.1, 0.15) is 47.5 Å². The van der Waals surface area contributed by atoms with Crippen LogP contribution in [0.2, 0.25) is 0 Å². The van der Waals surface area contributed by atoms with E-state index in [-0.39, 0.29) is 10.8 Å². The minimum atomic E-state index is -0.256. The van der Waals surface area contributed by atoms with E-state index in [1.165, 1.54) is 5.57 Å². The van der Waals surface area contributed by atoms with Crippen molar-refractivity contribution < 1.29 is 4.84 Å².